The first-order valence-electron chi connectivity index (χ1n) is 9.64. The Hall–Kier alpha value is -1.06. The molecule has 1 heterocycles. The van der Waals surface area contributed by atoms with E-state index in [2.05, 4.69) is 0 Å². The van der Waals surface area contributed by atoms with Crippen LogP contribution in [-0.2, 0) is 9.59 Å². The minimum absolute atomic E-state index is 0.0857. The molecule has 0 aromatic rings. The predicted molar refractivity (Wildman–Crippen MR) is 89.0 cm³/mol. The maximum atomic E-state index is 12.6. The summed E-state index contributed by atoms with van der Waals surface area (Å²) in [7, 11) is 0. The maximum Gasteiger partial charge on any atom is 0.307 e. The van der Waals surface area contributed by atoms with Crippen LogP contribution in [0.5, 0.6) is 0 Å². The number of hydrogen-bond donors (Lipinski definition) is 1. The lowest BCUT2D eigenvalue weighted by Gasteiger charge is -2.25. The molecule has 3 fully saturated rings. The van der Waals surface area contributed by atoms with Gasteiger partial charge in [0.25, 0.3) is 0 Å². The van der Waals surface area contributed by atoms with Crippen molar-refractivity contribution in [3.05, 3.63) is 0 Å². The van der Waals surface area contributed by atoms with E-state index in [1.807, 2.05) is 4.90 Å². The van der Waals surface area contributed by atoms with Gasteiger partial charge in [0, 0.05) is 19.5 Å². The fourth-order valence-corrected chi connectivity index (χ4v) is 5.05. The Balaban J connectivity index is 1.52. The Kier molecular flexibility index (Phi) is 5.60. The number of likely N-dealkylation sites (tertiary alicyclic amines) is 1. The van der Waals surface area contributed by atoms with E-state index >= 15 is 0 Å². The van der Waals surface area contributed by atoms with E-state index in [0.29, 0.717) is 24.2 Å². The van der Waals surface area contributed by atoms with Crippen LogP contribution in [0.2, 0.25) is 0 Å². The molecule has 4 heteroatoms. The lowest BCUT2D eigenvalue weighted by Crippen LogP contribution is -2.33. The summed E-state index contributed by atoms with van der Waals surface area (Å²) in [6.45, 7) is 1.75. The fourth-order valence-electron chi connectivity index (χ4n) is 5.05. The maximum absolute atomic E-state index is 12.6. The number of nitrogens with zero attached hydrogens (tertiary/aromatic N) is 1. The highest BCUT2D eigenvalue weighted by molar-refractivity contribution is 5.82. The molecule has 2 aliphatic carbocycles. The third kappa shape index (κ3) is 4.27. The van der Waals surface area contributed by atoms with Crippen LogP contribution in [0.4, 0.5) is 0 Å². The summed E-state index contributed by atoms with van der Waals surface area (Å²) < 4.78 is 0. The number of carboxylic acid groups (broad SMARTS) is 1. The molecular weight excluding hydrogens is 290 g/mol. The normalized spacial score (nSPS) is 30.0. The Morgan fingerprint density at radius 2 is 1.48 bits per heavy atom. The van der Waals surface area contributed by atoms with Gasteiger partial charge >= 0.3 is 5.97 Å². The molecule has 3 aliphatic rings. The second-order valence-corrected chi connectivity index (χ2v) is 8.08. The van der Waals surface area contributed by atoms with Crippen LogP contribution < -0.4 is 0 Å². The largest absolute Gasteiger partial charge is 0.481 e. The van der Waals surface area contributed by atoms with E-state index in [-0.39, 0.29) is 12.3 Å². The van der Waals surface area contributed by atoms with E-state index in [0.717, 1.165) is 25.9 Å². The molecule has 1 aliphatic heterocycles. The lowest BCUT2D eigenvalue weighted by atomic mass is 9.82. The average molecular weight is 321 g/mol. The first-order chi connectivity index (χ1) is 11.1. The molecule has 1 saturated heterocycles. The van der Waals surface area contributed by atoms with Crippen molar-refractivity contribution in [2.45, 2.75) is 70.6 Å². The van der Waals surface area contributed by atoms with Crippen LogP contribution in [0, 0.1) is 23.7 Å². The van der Waals surface area contributed by atoms with Gasteiger partial charge in [-0.1, -0.05) is 44.9 Å². The summed E-state index contributed by atoms with van der Waals surface area (Å²) in [5, 5.41) is 9.53. The molecule has 0 bridgehead atoms. The monoisotopic (exact) mass is 321 g/mol. The summed E-state index contributed by atoms with van der Waals surface area (Å²) >= 11 is 0. The molecule has 2 saturated carbocycles. The summed E-state index contributed by atoms with van der Waals surface area (Å²) in [6.07, 6.45) is 12.0. The molecule has 23 heavy (non-hydrogen) atoms. The standard InChI is InChI=1S/C19H31NO3/c21-18(20-12-15-8-4-5-9-16(15)13-20)11-17(19(22)23)10-14-6-2-1-3-7-14/h14-17H,1-13H2,(H,22,23)/t15-,16+,17?. The van der Waals surface area contributed by atoms with Gasteiger partial charge in [-0.2, -0.15) is 0 Å². The van der Waals surface area contributed by atoms with E-state index in [4.69, 9.17) is 0 Å². The highest BCUT2D eigenvalue weighted by atomic mass is 16.4. The smallest absolute Gasteiger partial charge is 0.307 e. The quantitative estimate of drug-likeness (QED) is 0.840. The van der Waals surface area contributed by atoms with Crippen LogP contribution >= 0.6 is 0 Å². The van der Waals surface area contributed by atoms with Crippen molar-refractivity contribution in [3.8, 4) is 0 Å². The summed E-state index contributed by atoms with van der Waals surface area (Å²) in [5.41, 5.74) is 0. The number of hydrogen-bond acceptors (Lipinski definition) is 2. The van der Waals surface area contributed by atoms with Gasteiger partial charge in [0.1, 0.15) is 0 Å². The van der Waals surface area contributed by atoms with Gasteiger partial charge in [-0.05, 0) is 37.0 Å². The minimum Gasteiger partial charge on any atom is -0.481 e. The van der Waals surface area contributed by atoms with Gasteiger partial charge in [0.15, 0.2) is 0 Å². The molecule has 1 N–H and O–H groups in total. The van der Waals surface area contributed by atoms with Gasteiger partial charge in [0.2, 0.25) is 5.91 Å². The van der Waals surface area contributed by atoms with Crippen molar-refractivity contribution in [2.75, 3.05) is 13.1 Å². The van der Waals surface area contributed by atoms with Crippen molar-refractivity contribution in [1.82, 2.24) is 4.90 Å². The van der Waals surface area contributed by atoms with Crippen LogP contribution in [0.25, 0.3) is 0 Å². The zero-order valence-electron chi connectivity index (χ0n) is 14.2. The SMILES string of the molecule is O=C(O)C(CC(=O)N1C[C@H]2CCCC[C@H]2C1)CC1CCCCC1. The third-order valence-electron chi connectivity index (χ3n) is 6.44. The van der Waals surface area contributed by atoms with Crippen molar-refractivity contribution in [3.63, 3.8) is 0 Å². The molecule has 1 amide bonds. The lowest BCUT2D eigenvalue weighted by molar-refractivity contribution is -0.146. The molecule has 0 spiro atoms. The topological polar surface area (TPSA) is 57.6 Å². The molecule has 0 aromatic carbocycles. The van der Waals surface area contributed by atoms with E-state index in [1.54, 1.807) is 0 Å². The first kappa shape index (κ1) is 16.8. The molecule has 1 unspecified atom stereocenters. The Labute approximate surface area is 139 Å². The van der Waals surface area contributed by atoms with Crippen LogP contribution in [0.3, 0.4) is 0 Å². The van der Waals surface area contributed by atoms with Gasteiger partial charge in [0.05, 0.1) is 5.92 Å². The summed E-state index contributed by atoms with van der Waals surface area (Å²) in [5.74, 6) is 0.693. The third-order valence-corrected chi connectivity index (χ3v) is 6.44. The molecule has 4 nitrogen and oxygen atoms in total. The average Bonchev–Trinajstić information content (AvgIpc) is 2.99. The summed E-state index contributed by atoms with van der Waals surface area (Å²) in [4.78, 5) is 26.2. The number of carbonyl (C=O) groups excluding carboxylic acids is 1. The van der Waals surface area contributed by atoms with E-state index in [9.17, 15) is 14.7 Å². The van der Waals surface area contributed by atoms with Crippen molar-refractivity contribution in [2.24, 2.45) is 23.7 Å². The highest BCUT2D eigenvalue weighted by Gasteiger charge is 2.37. The zero-order valence-corrected chi connectivity index (χ0v) is 14.2. The molecule has 3 rings (SSSR count). The minimum atomic E-state index is -0.777. The van der Waals surface area contributed by atoms with Crippen LogP contribution in [0.15, 0.2) is 0 Å². The van der Waals surface area contributed by atoms with Gasteiger partial charge in [-0.25, -0.2) is 0 Å². The number of aliphatic carboxylic acids is 1. The highest BCUT2D eigenvalue weighted by Crippen LogP contribution is 2.37. The Morgan fingerprint density at radius 3 is 2.04 bits per heavy atom. The first-order valence-corrected chi connectivity index (χ1v) is 9.64. The Bertz CT molecular complexity index is 416. The van der Waals surface area contributed by atoms with Gasteiger partial charge < -0.3 is 10.0 Å². The van der Waals surface area contributed by atoms with E-state index in [1.165, 1.54) is 44.9 Å². The van der Waals surface area contributed by atoms with Crippen molar-refractivity contribution in [1.29, 1.82) is 0 Å². The number of carbonyl (C=O) groups is 2. The Morgan fingerprint density at radius 1 is 0.913 bits per heavy atom. The number of carboxylic acids is 1. The predicted octanol–water partition coefficient (Wildman–Crippen LogP) is 3.70. The van der Waals surface area contributed by atoms with Crippen molar-refractivity contribution < 1.29 is 14.7 Å². The second-order valence-electron chi connectivity index (χ2n) is 8.08. The summed E-state index contributed by atoms with van der Waals surface area (Å²) in [6, 6.07) is 0. The molecule has 3 atom stereocenters. The van der Waals surface area contributed by atoms with E-state index < -0.39 is 11.9 Å². The van der Waals surface area contributed by atoms with Gasteiger partial charge in [-0.3, -0.25) is 9.59 Å². The fraction of sp³-hybridized carbons (Fsp3) is 0.895. The number of rotatable bonds is 5. The molecular formula is C19H31NO3. The molecule has 0 radical (unpaired) electrons. The zero-order chi connectivity index (χ0) is 16.2. The van der Waals surface area contributed by atoms with Crippen LogP contribution in [0.1, 0.15) is 70.6 Å². The number of fused-ring (bicyclic) bond motifs is 1. The molecule has 130 valence electrons. The second kappa shape index (κ2) is 7.67. The van der Waals surface area contributed by atoms with Gasteiger partial charge in [-0.15, -0.1) is 0 Å². The van der Waals surface area contributed by atoms with Crippen molar-refractivity contribution >= 4 is 11.9 Å². The molecule has 0 aromatic heterocycles. The number of amides is 1. The van der Waals surface area contributed by atoms with Crippen LogP contribution in [-0.4, -0.2) is 35.0 Å².